The Bertz CT molecular complexity index is 270. The number of methoxy groups -OCH3 is 1. The molecule has 2 amide bonds. The van der Waals surface area contributed by atoms with E-state index in [-0.39, 0.29) is 18.5 Å². The van der Waals surface area contributed by atoms with Gasteiger partial charge < -0.3 is 20.1 Å². The molecule has 2 N–H and O–H groups in total. The van der Waals surface area contributed by atoms with Gasteiger partial charge in [-0.15, -0.1) is 0 Å². The van der Waals surface area contributed by atoms with Gasteiger partial charge in [-0.3, -0.25) is 4.79 Å². The molecule has 0 unspecified atom stereocenters. The number of hydrogen-bond acceptors (Lipinski definition) is 3. The minimum absolute atomic E-state index is 0.00525. The minimum Gasteiger partial charge on any atom is -0.481 e. The highest BCUT2D eigenvalue weighted by Crippen LogP contribution is 2.22. The maximum atomic E-state index is 11.6. The predicted octanol–water partition coefficient (Wildman–Crippen LogP) is -0.00510. The first-order valence-corrected chi connectivity index (χ1v) is 5.30. The van der Waals surface area contributed by atoms with Crippen LogP contribution in [0.4, 0.5) is 4.79 Å². The Balaban J connectivity index is 2.39. The average Bonchev–Trinajstić information content (AvgIpc) is 2.60. The molecule has 1 saturated heterocycles. The zero-order valence-electron chi connectivity index (χ0n) is 9.60. The number of carbonyl (C=O) groups excluding carboxylic acids is 1. The lowest BCUT2D eigenvalue weighted by Crippen LogP contribution is -2.40. The van der Waals surface area contributed by atoms with Gasteiger partial charge >= 0.3 is 12.0 Å². The van der Waals surface area contributed by atoms with Crippen molar-refractivity contribution < 1.29 is 19.4 Å². The number of likely N-dealkylation sites (tertiary alicyclic amines) is 1. The summed E-state index contributed by atoms with van der Waals surface area (Å²) in [4.78, 5) is 24.0. The molecular formula is C10H18N2O4. The minimum atomic E-state index is -0.834. The lowest BCUT2D eigenvalue weighted by molar-refractivity contribution is -0.142. The van der Waals surface area contributed by atoms with E-state index in [1.807, 2.05) is 6.92 Å². The van der Waals surface area contributed by atoms with Crippen LogP contribution in [-0.4, -0.2) is 55.4 Å². The number of carboxylic acids is 1. The number of hydrogen-bond donors (Lipinski definition) is 2. The third-order valence-electron chi connectivity index (χ3n) is 2.80. The highest BCUT2D eigenvalue weighted by atomic mass is 16.5. The van der Waals surface area contributed by atoms with Gasteiger partial charge in [-0.2, -0.15) is 0 Å². The summed E-state index contributed by atoms with van der Waals surface area (Å²) >= 11 is 0. The van der Waals surface area contributed by atoms with Crippen molar-refractivity contribution >= 4 is 12.0 Å². The van der Waals surface area contributed by atoms with Gasteiger partial charge in [0.15, 0.2) is 0 Å². The van der Waals surface area contributed by atoms with E-state index in [9.17, 15) is 9.59 Å². The zero-order valence-corrected chi connectivity index (χ0v) is 9.60. The van der Waals surface area contributed by atoms with Crippen LogP contribution in [0.25, 0.3) is 0 Å². The van der Waals surface area contributed by atoms with E-state index in [0.717, 1.165) is 0 Å². The molecule has 0 aromatic rings. The van der Waals surface area contributed by atoms with Crippen LogP contribution in [0.15, 0.2) is 0 Å². The summed E-state index contributed by atoms with van der Waals surface area (Å²) in [6.45, 7) is 3.53. The van der Waals surface area contributed by atoms with E-state index >= 15 is 0 Å². The van der Waals surface area contributed by atoms with Crippen LogP contribution in [0.5, 0.6) is 0 Å². The predicted molar refractivity (Wildman–Crippen MR) is 57.1 cm³/mol. The molecule has 0 aliphatic carbocycles. The fraction of sp³-hybridized carbons (Fsp3) is 0.800. The van der Waals surface area contributed by atoms with Crippen LogP contribution in [0, 0.1) is 11.8 Å². The molecule has 0 aromatic carbocycles. The number of ether oxygens (including phenoxy) is 1. The van der Waals surface area contributed by atoms with Crippen molar-refractivity contribution in [1.82, 2.24) is 10.2 Å². The van der Waals surface area contributed by atoms with Gasteiger partial charge in [0.25, 0.3) is 0 Å². The number of carboxylic acid groups (broad SMARTS) is 1. The van der Waals surface area contributed by atoms with Crippen molar-refractivity contribution in [3.05, 3.63) is 0 Å². The summed E-state index contributed by atoms with van der Waals surface area (Å²) < 4.78 is 4.81. The molecule has 0 bridgehead atoms. The summed E-state index contributed by atoms with van der Waals surface area (Å²) in [6, 6.07) is -0.215. The first-order chi connectivity index (χ1) is 7.56. The van der Waals surface area contributed by atoms with E-state index in [2.05, 4.69) is 5.32 Å². The molecule has 0 spiro atoms. The van der Waals surface area contributed by atoms with E-state index in [0.29, 0.717) is 19.7 Å². The maximum Gasteiger partial charge on any atom is 0.317 e. The molecule has 16 heavy (non-hydrogen) atoms. The largest absolute Gasteiger partial charge is 0.481 e. The molecule has 2 atom stereocenters. The fourth-order valence-electron chi connectivity index (χ4n) is 1.83. The molecule has 0 saturated carbocycles. The van der Waals surface area contributed by atoms with Gasteiger partial charge in [-0.05, 0) is 5.92 Å². The summed E-state index contributed by atoms with van der Waals surface area (Å²) in [5.74, 6) is -1.28. The number of urea groups is 1. The van der Waals surface area contributed by atoms with Gasteiger partial charge in [0.05, 0.1) is 12.5 Å². The maximum absolute atomic E-state index is 11.6. The Morgan fingerprint density at radius 1 is 1.50 bits per heavy atom. The standard InChI is InChI=1S/C10H18N2O4/c1-7-5-12(6-8(7)9(13)14)10(15)11-3-4-16-2/h7-8H,3-6H2,1-2H3,(H,11,15)(H,13,14)/t7-,8-/m1/s1. The van der Waals surface area contributed by atoms with Gasteiger partial charge in [-0.25, -0.2) is 4.79 Å². The highest BCUT2D eigenvalue weighted by molar-refractivity contribution is 5.77. The van der Waals surface area contributed by atoms with E-state index in [1.54, 1.807) is 12.0 Å². The Morgan fingerprint density at radius 2 is 2.19 bits per heavy atom. The van der Waals surface area contributed by atoms with Gasteiger partial charge in [0, 0.05) is 26.7 Å². The van der Waals surface area contributed by atoms with Gasteiger partial charge in [0.2, 0.25) is 0 Å². The second-order valence-corrected chi connectivity index (χ2v) is 4.05. The Kier molecular flexibility index (Phi) is 4.54. The van der Waals surface area contributed by atoms with Crippen LogP contribution < -0.4 is 5.32 Å². The van der Waals surface area contributed by atoms with Crippen LogP contribution in [-0.2, 0) is 9.53 Å². The average molecular weight is 230 g/mol. The first-order valence-electron chi connectivity index (χ1n) is 5.30. The van der Waals surface area contributed by atoms with E-state index in [1.165, 1.54) is 0 Å². The van der Waals surface area contributed by atoms with E-state index < -0.39 is 11.9 Å². The number of nitrogens with zero attached hydrogens (tertiary/aromatic N) is 1. The molecule has 0 radical (unpaired) electrons. The second-order valence-electron chi connectivity index (χ2n) is 4.05. The molecule has 6 nitrogen and oxygen atoms in total. The number of rotatable bonds is 4. The third-order valence-corrected chi connectivity index (χ3v) is 2.80. The Labute approximate surface area is 94.6 Å². The summed E-state index contributed by atoms with van der Waals surface area (Å²) in [6.07, 6.45) is 0. The third kappa shape index (κ3) is 3.10. The molecule has 1 aliphatic rings. The fourth-order valence-corrected chi connectivity index (χ4v) is 1.83. The SMILES string of the molecule is COCCNC(=O)N1C[C@@H](C)[C@H](C(=O)O)C1. The molecule has 1 aliphatic heterocycles. The van der Waals surface area contributed by atoms with Crippen molar-refractivity contribution in [3.63, 3.8) is 0 Å². The lowest BCUT2D eigenvalue weighted by atomic mass is 9.99. The number of carbonyl (C=O) groups is 2. The van der Waals surface area contributed by atoms with Crippen LogP contribution >= 0.6 is 0 Å². The van der Waals surface area contributed by atoms with Crippen molar-refractivity contribution in [3.8, 4) is 0 Å². The topological polar surface area (TPSA) is 78.9 Å². The smallest absolute Gasteiger partial charge is 0.317 e. The number of aliphatic carboxylic acids is 1. The molecule has 0 aromatic heterocycles. The number of nitrogens with one attached hydrogen (secondary N) is 1. The summed E-state index contributed by atoms with van der Waals surface area (Å²) in [7, 11) is 1.56. The lowest BCUT2D eigenvalue weighted by Gasteiger charge is -2.16. The van der Waals surface area contributed by atoms with Crippen molar-refractivity contribution in [1.29, 1.82) is 0 Å². The molecule has 1 heterocycles. The Morgan fingerprint density at radius 3 is 2.69 bits per heavy atom. The second kappa shape index (κ2) is 5.69. The van der Waals surface area contributed by atoms with Crippen molar-refractivity contribution in [2.75, 3.05) is 33.4 Å². The normalized spacial score (nSPS) is 24.5. The van der Waals surface area contributed by atoms with E-state index in [4.69, 9.17) is 9.84 Å². The van der Waals surface area contributed by atoms with Crippen LogP contribution in [0.2, 0.25) is 0 Å². The summed E-state index contributed by atoms with van der Waals surface area (Å²) in [5.41, 5.74) is 0. The monoisotopic (exact) mass is 230 g/mol. The highest BCUT2D eigenvalue weighted by Gasteiger charge is 2.36. The van der Waals surface area contributed by atoms with Crippen molar-refractivity contribution in [2.24, 2.45) is 11.8 Å². The molecular weight excluding hydrogens is 212 g/mol. The molecule has 1 fully saturated rings. The Hall–Kier alpha value is -1.30. The number of amides is 2. The summed E-state index contributed by atoms with van der Waals surface area (Å²) in [5, 5.41) is 11.6. The van der Waals surface area contributed by atoms with Crippen LogP contribution in [0.3, 0.4) is 0 Å². The first kappa shape index (κ1) is 12.8. The van der Waals surface area contributed by atoms with Crippen molar-refractivity contribution in [2.45, 2.75) is 6.92 Å². The molecule has 1 rings (SSSR count). The zero-order chi connectivity index (χ0) is 12.1. The quantitative estimate of drug-likeness (QED) is 0.666. The van der Waals surface area contributed by atoms with Gasteiger partial charge in [0.1, 0.15) is 0 Å². The molecule has 6 heteroatoms. The van der Waals surface area contributed by atoms with Crippen LogP contribution in [0.1, 0.15) is 6.92 Å². The molecule has 92 valence electrons. The van der Waals surface area contributed by atoms with Gasteiger partial charge in [-0.1, -0.05) is 6.92 Å².